The van der Waals surface area contributed by atoms with Gasteiger partial charge in [0.15, 0.2) is 0 Å². The molecule has 1 saturated carbocycles. The standard InChI is InChI=1S/C18H30N4O4S/c1-13-15(14(2)21-20-13)12-19-17(23)18-7-5-4-6-16(18)22(9-10-26-3)27(24,25)11-8-18/h16H,4-12H2,1-3H3,(H,19,23)(H,20,21)/t16-,18-/m1/s1. The van der Waals surface area contributed by atoms with Crippen molar-refractivity contribution in [3.63, 3.8) is 0 Å². The number of aryl methyl sites for hydroxylation is 2. The monoisotopic (exact) mass is 398 g/mol. The predicted molar refractivity (Wildman–Crippen MR) is 102 cm³/mol. The maximum absolute atomic E-state index is 13.3. The molecular weight excluding hydrogens is 368 g/mol. The fraction of sp³-hybridized carbons (Fsp3) is 0.778. The minimum atomic E-state index is -3.35. The largest absolute Gasteiger partial charge is 0.383 e. The molecule has 1 aliphatic carbocycles. The predicted octanol–water partition coefficient (Wildman–Crippen LogP) is 1.25. The number of hydrogen-bond donors (Lipinski definition) is 2. The first-order valence-corrected chi connectivity index (χ1v) is 11.2. The van der Waals surface area contributed by atoms with Crippen LogP contribution < -0.4 is 5.32 Å². The second kappa shape index (κ2) is 7.89. The van der Waals surface area contributed by atoms with Crippen LogP contribution in [0.4, 0.5) is 0 Å². The van der Waals surface area contributed by atoms with Gasteiger partial charge in [0.2, 0.25) is 15.9 Å². The van der Waals surface area contributed by atoms with E-state index in [1.165, 1.54) is 4.31 Å². The van der Waals surface area contributed by atoms with Crippen molar-refractivity contribution in [3.8, 4) is 0 Å². The highest BCUT2D eigenvalue weighted by Crippen LogP contribution is 2.46. The molecule has 1 amide bonds. The third kappa shape index (κ3) is 3.77. The van der Waals surface area contributed by atoms with Gasteiger partial charge in [0.1, 0.15) is 0 Å². The molecule has 1 aromatic rings. The van der Waals surface area contributed by atoms with Crippen LogP contribution in [-0.4, -0.2) is 60.9 Å². The fourth-order valence-electron chi connectivity index (χ4n) is 4.59. The second-order valence-corrected chi connectivity index (χ2v) is 9.72. The number of nitrogens with one attached hydrogen (secondary N) is 2. The minimum absolute atomic E-state index is 0.0183. The van der Waals surface area contributed by atoms with Crippen molar-refractivity contribution in [2.75, 3.05) is 26.0 Å². The average molecular weight is 399 g/mol. The van der Waals surface area contributed by atoms with Gasteiger partial charge in [-0.2, -0.15) is 9.40 Å². The third-order valence-corrected chi connectivity index (χ3v) is 8.05. The molecule has 8 nitrogen and oxygen atoms in total. The Morgan fingerprint density at radius 2 is 2.15 bits per heavy atom. The number of methoxy groups -OCH3 is 1. The molecule has 9 heteroatoms. The summed E-state index contributed by atoms with van der Waals surface area (Å²) in [4.78, 5) is 13.3. The number of amides is 1. The molecule has 0 aromatic carbocycles. The number of fused-ring (bicyclic) bond motifs is 1. The lowest BCUT2D eigenvalue weighted by Gasteiger charge is -2.50. The van der Waals surface area contributed by atoms with Crippen molar-refractivity contribution in [2.45, 2.75) is 58.5 Å². The average Bonchev–Trinajstić information content (AvgIpc) is 2.96. The van der Waals surface area contributed by atoms with Gasteiger partial charge in [-0.25, -0.2) is 8.42 Å². The van der Waals surface area contributed by atoms with E-state index in [1.807, 2.05) is 13.8 Å². The van der Waals surface area contributed by atoms with Crippen molar-refractivity contribution in [3.05, 3.63) is 17.0 Å². The van der Waals surface area contributed by atoms with E-state index in [4.69, 9.17) is 4.74 Å². The molecular formula is C18H30N4O4S. The van der Waals surface area contributed by atoms with Crippen LogP contribution in [0.15, 0.2) is 0 Å². The van der Waals surface area contributed by atoms with E-state index in [2.05, 4.69) is 15.5 Å². The Labute approximate surface area is 161 Å². The number of carbonyl (C=O) groups is 1. The van der Waals surface area contributed by atoms with Gasteiger partial charge in [-0.1, -0.05) is 12.8 Å². The normalized spacial score (nSPS) is 27.9. The first-order valence-electron chi connectivity index (χ1n) is 9.59. The van der Waals surface area contributed by atoms with Crippen molar-refractivity contribution < 1.29 is 17.9 Å². The molecule has 2 heterocycles. The quantitative estimate of drug-likeness (QED) is 0.751. The van der Waals surface area contributed by atoms with Gasteiger partial charge in [0.25, 0.3) is 0 Å². The number of sulfonamides is 1. The molecule has 0 spiro atoms. The van der Waals surface area contributed by atoms with Crippen LogP contribution in [0.3, 0.4) is 0 Å². The number of carbonyl (C=O) groups excluding carboxylic acids is 1. The van der Waals surface area contributed by atoms with Crippen molar-refractivity contribution >= 4 is 15.9 Å². The Bertz CT molecular complexity index is 772. The summed E-state index contributed by atoms with van der Waals surface area (Å²) in [5, 5.41) is 10.2. The van der Waals surface area contributed by atoms with Crippen LogP contribution >= 0.6 is 0 Å². The van der Waals surface area contributed by atoms with Gasteiger partial charge in [0.05, 0.1) is 23.5 Å². The van der Waals surface area contributed by atoms with E-state index in [0.717, 1.165) is 42.6 Å². The van der Waals surface area contributed by atoms with Gasteiger partial charge in [-0.15, -0.1) is 0 Å². The first kappa shape index (κ1) is 20.3. The van der Waals surface area contributed by atoms with Crippen LogP contribution in [-0.2, 0) is 26.1 Å². The number of aromatic nitrogens is 2. The maximum atomic E-state index is 13.3. The van der Waals surface area contributed by atoms with Crippen LogP contribution in [0, 0.1) is 19.3 Å². The molecule has 2 aliphatic rings. The lowest BCUT2D eigenvalue weighted by atomic mass is 9.67. The van der Waals surface area contributed by atoms with E-state index >= 15 is 0 Å². The van der Waals surface area contributed by atoms with E-state index in [9.17, 15) is 13.2 Å². The van der Waals surface area contributed by atoms with E-state index in [-0.39, 0.29) is 17.7 Å². The summed E-state index contributed by atoms with van der Waals surface area (Å²) < 4.78 is 32.0. The second-order valence-electron chi connectivity index (χ2n) is 7.68. The van der Waals surface area contributed by atoms with E-state index in [1.54, 1.807) is 7.11 Å². The lowest BCUT2D eigenvalue weighted by Crippen LogP contribution is -2.63. The van der Waals surface area contributed by atoms with Crippen molar-refractivity contribution in [1.82, 2.24) is 19.8 Å². The zero-order valence-electron chi connectivity index (χ0n) is 16.4. The highest BCUT2D eigenvalue weighted by molar-refractivity contribution is 7.89. The molecule has 0 unspecified atom stereocenters. The van der Waals surface area contributed by atoms with E-state index in [0.29, 0.717) is 26.1 Å². The molecule has 1 aromatic heterocycles. The van der Waals surface area contributed by atoms with E-state index < -0.39 is 15.4 Å². The summed E-state index contributed by atoms with van der Waals surface area (Å²) in [5.74, 6) is -0.0192. The van der Waals surface area contributed by atoms with Crippen LogP contribution in [0.5, 0.6) is 0 Å². The zero-order valence-corrected chi connectivity index (χ0v) is 17.2. The Hall–Kier alpha value is -1.45. The Morgan fingerprint density at radius 1 is 1.37 bits per heavy atom. The zero-order chi connectivity index (χ0) is 19.7. The van der Waals surface area contributed by atoms with Crippen molar-refractivity contribution in [1.29, 1.82) is 0 Å². The summed E-state index contributed by atoms with van der Waals surface area (Å²) in [6.07, 6.45) is 3.73. The van der Waals surface area contributed by atoms with Crippen LogP contribution in [0.2, 0.25) is 0 Å². The molecule has 27 heavy (non-hydrogen) atoms. The van der Waals surface area contributed by atoms with Gasteiger partial charge in [-0.3, -0.25) is 9.89 Å². The molecule has 2 fully saturated rings. The Morgan fingerprint density at radius 3 is 2.81 bits per heavy atom. The molecule has 2 atom stereocenters. The summed E-state index contributed by atoms with van der Waals surface area (Å²) in [6.45, 7) is 4.89. The van der Waals surface area contributed by atoms with Gasteiger partial charge in [-0.05, 0) is 33.1 Å². The molecule has 1 aliphatic heterocycles. The molecule has 2 N–H and O–H groups in total. The van der Waals surface area contributed by atoms with Gasteiger partial charge < -0.3 is 10.1 Å². The highest BCUT2D eigenvalue weighted by atomic mass is 32.2. The van der Waals surface area contributed by atoms with Crippen LogP contribution in [0.25, 0.3) is 0 Å². The lowest BCUT2D eigenvalue weighted by molar-refractivity contribution is -0.137. The number of ether oxygens (including phenoxy) is 1. The summed E-state index contributed by atoms with van der Waals surface area (Å²) in [5.41, 5.74) is 2.16. The molecule has 152 valence electrons. The SMILES string of the molecule is COCCN1[C@@H]2CCCC[C@@]2(C(=O)NCc2c(C)n[nH]c2C)CCS1(=O)=O. The highest BCUT2D eigenvalue weighted by Gasteiger charge is 2.55. The van der Waals surface area contributed by atoms with Crippen molar-refractivity contribution in [2.24, 2.45) is 5.41 Å². The topological polar surface area (TPSA) is 104 Å². The minimum Gasteiger partial charge on any atom is -0.383 e. The Balaban J connectivity index is 1.83. The smallest absolute Gasteiger partial charge is 0.228 e. The summed E-state index contributed by atoms with van der Waals surface area (Å²) >= 11 is 0. The molecule has 0 bridgehead atoms. The number of hydrogen-bond acceptors (Lipinski definition) is 5. The summed E-state index contributed by atoms with van der Waals surface area (Å²) in [6, 6.07) is -0.285. The number of nitrogens with zero attached hydrogens (tertiary/aromatic N) is 2. The Kier molecular flexibility index (Phi) is 5.93. The van der Waals surface area contributed by atoms with Gasteiger partial charge >= 0.3 is 0 Å². The molecule has 1 saturated heterocycles. The van der Waals surface area contributed by atoms with Crippen LogP contribution in [0.1, 0.15) is 49.1 Å². The number of H-pyrrole nitrogens is 1. The first-order chi connectivity index (χ1) is 12.8. The fourth-order valence-corrected chi connectivity index (χ4v) is 6.49. The maximum Gasteiger partial charge on any atom is 0.228 e. The third-order valence-electron chi connectivity index (χ3n) is 6.17. The summed E-state index contributed by atoms with van der Waals surface area (Å²) in [7, 11) is -1.79. The molecule has 0 radical (unpaired) electrons. The number of rotatable bonds is 6. The number of aromatic amines is 1. The molecule has 3 rings (SSSR count). The van der Waals surface area contributed by atoms with Gasteiger partial charge in [0, 0.05) is 37.5 Å².